The molecule has 1 N–H and O–H groups in total. The van der Waals surface area contributed by atoms with Crippen molar-refractivity contribution in [1.82, 2.24) is 5.32 Å². The average molecular weight is 358 g/mol. The van der Waals surface area contributed by atoms with Gasteiger partial charge in [0.1, 0.15) is 11.3 Å². The second kappa shape index (κ2) is 7.19. The van der Waals surface area contributed by atoms with E-state index < -0.39 is 24.5 Å². The monoisotopic (exact) mass is 358 g/mol. The number of hydrogen-bond donors (Lipinski definition) is 1. The second-order valence-electron chi connectivity index (χ2n) is 6.54. The van der Waals surface area contributed by atoms with Gasteiger partial charge in [-0.15, -0.1) is 0 Å². The molecule has 0 fully saturated rings. The Balaban J connectivity index is 2.01. The van der Waals surface area contributed by atoms with E-state index in [0.717, 1.165) is 30.4 Å². The Labute approximate surface area is 150 Å². The standard InChI is InChI=1S/C19H21NO6/c1-10-7-14(25-11(2)18(23)20-9-16(21)22)17-12-5-3-4-6-13(12)19(24)26-15(17)8-10/h7-8,11H,3-6,9H2,1-2H3,(H,20,23)(H,21,22)/p-1/t11-/m1/s1. The van der Waals surface area contributed by atoms with Gasteiger partial charge in [-0.2, -0.15) is 0 Å². The predicted octanol–water partition coefficient (Wildman–Crippen LogP) is 0.614. The summed E-state index contributed by atoms with van der Waals surface area (Å²) in [7, 11) is 0. The van der Waals surface area contributed by atoms with Gasteiger partial charge in [-0.25, -0.2) is 4.79 Å². The van der Waals surface area contributed by atoms with Gasteiger partial charge in [-0.3, -0.25) is 4.79 Å². The Morgan fingerprint density at radius 1 is 1.27 bits per heavy atom. The van der Waals surface area contributed by atoms with Crippen molar-refractivity contribution in [1.29, 1.82) is 0 Å². The molecule has 0 bridgehead atoms. The highest BCUT2D eigenvalue weighted by atomic mass is 16.5. The van der Waals surface area contributed by atoms with Crippen molar-refractivity contribution < 1.29 is 23.8 Å². The summed E-state index contributed by atoms with van der Waals surface area (Å²) in [4.78, 5) is 34.7. The van der Waals surface area contributed by atoms with Crippen molar-refractivity contribution in [3.05, 3.63) is 39.2 Å². The molecule has 1 aliphatic rings. The number of ether oxygens (including phenoxy) is 1. The first kappa shape index (κ1) is 18.0. The van der Waals surface area contributed by atoms with E-state index in [1.165, 1.54) is 6.92 Å². The number of benzene rings is 1. The Hall–Kier alpha value is -2.83. The zero-order chi connectivity index (χ0) is 18.8. The molecule has 0 saturated heterocycles. The Kier molecular flexibility index (Phi) is 4.97. The van der Waals surface area contributed by atoms with E-state index in [4.69, 9.17) is 9.15 Å². The van der Waals surface area contributed by atoms with E-state index in [9.17, 15) is 19.5 Å². The highest BCUT2D eigenvalue weighted by Gasteiger charge is 2.23. The van der Waals surface area contributed by atoms with Crippen LogP contribution in [-0.4, -0.2) is 24.5 Å². The molecule has 1 aromatic carbocycles. The number of carbonyl (C=O) groups is 2. The first-order chi connectivity index (χ1) is 12.4. The number of amides is 1. The van der Waals surface area contributed by atoms with E-state index in [0.29, 0.717) is 28.7 Å². The third kappa shape index (κ3) is 3.56. The first-order valence-electron chi connectivity index (χ1n) is 8.60. The van der Waals surface area contributed by atoms with Crippen LogP contribution in [0.2, 0.25) is 0 Å². The van der Waals surface area contributed by atoms with Crippen molar-refractivity contribution in [3.8, 4) is 5.75 Å². The maximum absolute atomic E-state index is 12.2. The largest absolute Gasteiger partial charge is 0.548 e. The molecule has 7 nitrogen and oxygen atoms in total. The van der Waals surface area contributed by atoms with Gasteiger partial charge in [0.25, 0.3) is 5.91 Å². The summed E-state index contributed by atoms with van der Waals surface area (Å²) in [6, 6.07) is 3.57. The summed E-state index contributed by atoms with van der Waals surface area (Å²) in [6.45, 7) is 2.79. The Bertz CT molecular complexity index is 930. The number of carboxylic acid groups (broad SMARTS) is 1. The van der Waals surface area contributed by atoms with Gasteiger partial charge in [-0.1, -0.05) is 0 Å². The molecule has 0 saturated carbocycles. The molecule has 0 unspecified atom stereocenters. The van der Waals surface area contributed by atoms with Crippen LogP contribution in [0, 0.1) is 6.92 Å². The smallest absolute Gasteiger partial charge is 0.339 e. The number of fused-ring (bicyclic) bond motifs is 3. The van der Waals surface area contributed by atoms with Crippen LogP contribution in [0.4, 0.5) is 0 Å². The molecule has 1 amide bonds. The molecule has 0 aliphatic heterocycles. The zero-order valence-corrected chi connectivity index (χ0v) is 14.7. The summed E-state index contributed by atoms with van der Waals surface area (Å²) >= 11 is 0. The van der Waals surface area contributed by atoms with Crippen LogP contribution < -0.4 is 20.8 Å². The van der Waals surface area contributed by atoms with E-state index >= 15 is 0 Å². The van der Waals surface area contributed by atoms with Crippen LogP contribution >= 0.6 is 0 Å². The van der Waals surface area contributed by atoms with Crippen molar-refractivity contribution in [2.45, 2.75) is 45.6 Å². The number of aryl methyl sites for hydroxylation is 2. The van der Waals surface area contributed by atoms with Crippen molar-refractivity contribution in [2.75, 3.05) is 6.54 Å². The summed E-state index contributed by atoms with van der Waals surface area (Å²) in [5, 5.41) is 13.4. The zero-order valence-electron chi connectivity index (χ0n) is 14.7. The van der Waals surface area contributed by atoms with Crippen LogP contribution in [-0.2, 0) is 22.4 Å². The molecule has 138 valence electrons. The van der Waals surface area contributed by atoms with Crippen LogP contribution in [0.3, 0.4) is 0 Å². The number of hydrogen-bond acceptors (Lipinski definition) is 6. The molecule has 1 heterocycles. The lowest BCUT2D eigenvalue weighted by Crippen LogP contribution is -2.43. The molecule has 1 atom stereocenters. The maximum Gasteiger partial charge on any atom is 0.339 e. The van der Waals surface area contributed by atoms with Crippen LogP contribution in [0.15, 0.2) is 21.3 Å². The Morgan fingerprint density at radius 3 is 2.65 bits per heavy atom. The number of rotatable bonds is 5. The fourth-order valence-electron chi connectivity index (χ4n) is 3.31. The van der Waals surface area contributed by atoms with E-state index in [1.807, 2.05) is 6.92 Å². The van der Waals surface area contributed by atoms with Gasteiger partial charge in [0.15, 0.2) is 6.10 Å². The molecule has 1 aliphatic carbocycles. The fraction of sp³-hybridized carbons (Fsp3) is 0.421. The number of carbonyl (C=O) groups excluding carboxylic acids is 2. The lowest BCUT2D eigenvalue weighted by atomic mass is 9.90. The lowest BCUT2D eigenvalue weighted by Gasteiger charge is -2.21. The summed E-state index contributed by atoms with van der Waals surface area (Å²) in [5.41, 5.74) is 2.54. The minimum absolute atomic E-state index is 0.316. The van der Waals surface area contributed by atoms with Gasteiger partial charge in [0, 0.05) is 5.56 Å². The van der Waals surface area contributed by atoms with Crippen LogP contribution in [0.1, 0.15) is 36.5 Å². The van der Waals surface area contributed by atoms with E-state index in [1.54, 1.807) is 12.1 Å². The number of nitrogens with one attached hydrogen (secondary N) is 1. The summed E-state index contributed by atoms with van der Waals surface area (Å²) in [6.07, 6.45) is 2.42. The lowest BCUT2D eigenvalue weighted by molar-refractivity contribution is -0.304. The quantitative estimate of drug-likeness (QED) is 0.785. The second-order valence-corrected chi connectivity index (χ2v) is 6.54. The summed E-state index contributed by atoms with van der Waals surface area (Å²) in [5.74, 6) is -1.48. The molecular weight excluding hydrogens is 338 g/mol. The highest BCUT2D eigenvalue weighted by molar-refractivity contribution is 5.90. The normalized spacial score (nSPS) is 14.5. The minimum atomic E-state index is -1.37. The van der Waals surface area contributed by atoms with Crippen molar-refractivity contribution in [2.24, 2.45) is 0 Å². The maximum atomic E-state index is 12.2. The number of carboxylic acids is 1. The van der Waals surface area contributed by atoms with Gasteiger partial charge in [0.2, 0.25) is 0 Å². The molecule has 0 spiro atoms. The molecule has 2 aromatic rings. The third-order valence-electron chi connectivity index (χ3n) is 4.51. The minimum Gasteiger partial charge on any atom is -0.548 e. The Morgan fingerprint density at radius 2 is 1.96 bits per heavy atom. The molecule has 7 heteroatoms. The molecule has 1 aromatic heterocycles. The van der Waals surface area contributed by atoms with E-state index in [-0.39, 0.29) is 5.63 Å². The SMILES string of the molecule is Cc1cc(O[C@H](C)C(=O)NCC(=O)[O-])c2c3c(c(=O)oc2c1)CCCC3. The first-order valence-corrected chi connectivity index (χ1v) is 8.60. The molecule has 0 radical (unpaired) electrons. The van der Waals surface area contributed by atoms with Gasteiger partial charge < -0.3 is 24.4 Å². The molecule has 3 rings (SSSR count). The van der Waals surface area contributed by atoms with Crippen molar-refractivity contribution >= 4 is 22.8 Å². The average Bonchev–Trinajstić information content (AvgIpc) is 2.59. The van der Waals surface area contributed by atoms with Gasteiger partial charge in [0.05, 0.1) is 17.9 Å². The van der Waals surface area contributed by atoms with E-state index in [2.05, 4.69) is 5.32 Å². The van der Waals surface area contributed by atoms with Gasteiger partial charge in [-0.05, 0) is 62.8 Å². The number of aliphatic carboxylic acids is 1. The van der Waals surface area contributed by atoms with Gasteiger partial charge >= 0.3 is 5.63 Å². The van der Waals surface area contributed by atoms with Crippen LogP contribution in [0.25, 0.3) is 11.0 Å². The summed E-state index contributed by atoms with van der Waals surface area (Å²) < 4.78 is 11.3. The van der Waals surface area contributed by atoms with Crippen LogP contribution in [0.5, 0.6) is 5.75 Å². The van der Waals surface area contributed by atoms with Crippen molar-refractivity contribution in [3.63, 3.8) is 0 Å². The third-order valence-corrected chi connectivity index (χ3v) is 4.51. The molecular formula is C19H20NO6-. The fourth-order valence-corrected chi connectivity index (χ4v) is 3.31. The predicted molar refractivity (Wildman–Crippen MR) is 92.0 cm³/mol. The molecule has 26 heavy (non-hydrogen) atoms. The highest BCUT2D eigenvalue weighted by Crippen LogP contribution is 2.35. The topological polar surface area (TPSA) is 109 Å².